The van der Waals surface area contributed by atoms with Crippen LogP contribution in [0.15, 0.2) is 53.5 Å². The van der Waals surface area contributed by atoms with Crippen LogP contribution >= 0.6 is 11.8 Å². The number of aliphatic imine (C=N–C) groups is 1. The number of hydrogen-bond acceptors (Lipinski definition) is 9. The van der Waals surface area contributed by atoms with E-state index < -0.39 is 9.84 Å². The molecule has 10 heteroatoms. The van der Waals surface area contributed by atoms with Crippen molar-refractivity contribution < 1.29 is 27.4 Å². The van der Waals surface area contributed by atoms with Crippen molar-refractivity contribution in [1.82, 2.24) is 0 Å². The highest BCUT2D eigenvalue weighted by atomic mass is 32.2. The Balaban J connectivity index is 1.31. The number of ether oxygens (including phenoxy) is 3. The molecule has 3 heterocycles. The number of fused-ring (bicyclic) bond motifs is 2. The fraction of sp³-hybridized carbons (Fsp3) is 0.364. The molecule has 3 aliphatic rings. The zero-order valence-electron chi connectivity index (χ0n) is 17.2. The molecule has 2 unspecified atom stereocenters. The summed E-state index contributed by atoms with van der Waals surface area (Å²) in [6.45, 7) is 1.16. The minimum Gasteiger partial charge on any atom is -0.486 e. The molecular formula is C22H22N2O6S2. The maximum atomic E-state index is 12.3. The third-order valence-corrected chi connectivity index (χ3v) is 8.11. The fourth-order valence-corrected chi connectivity index (χ4v) is 6.78. The van der Waals surface area contributed by atoms with Crippen molar-refractivity contribution in [1.29, 1.82) is 0 Å². The molecule has 2 aromatic carbocycles. The number of thioether (sulfide) groups is 1. The van der Waals surface area contributed by atoms with E-state index in [0.717, 1.165) is 11.3 Å². The van der Waals surface area contributed by atoms with Crippen LogP contribution in [-0.4, -0.2) is 62.1 Å². The number of esters is 1. The van der Waals surface area contributed by atoms with E-state index in [1.165, 1.54) is 11.8 Å². The van der Waals surface area contributed by atoms with Crippen molar-refractivity contribution in [2.24, 2.45) is 4.99 Å². The highest BCUT2D eigenvalue weighted by Gasteiger charge is 2.47. The second kappa shape index (κ2) is 8.67. The average Bonchev–Trinajstić information content (AvgIpc) is 3.27. The number of hydrogen-bond donors (Lipinski definition) is 0. The van der Waals surface area contributed by atoms with Gasteiger partial charge in [0.1, 0.15) is 19.8 Å². The SMILES string of the molecule is O=C(CSC1=NC2CS(=O)(=O)CC2N1c1ccc2c(c1)OCCO2)OCc1ccccc1. The second-order valence-corrected chi connectivity index (χ2v) is 10.9. The van der Waals surface area contributed by atoms with Gasteiger partial charge in [0.05, 0.1) is 29.3 Å². The lowest BCUT2D eigenvalue weighted by Gasteiger charge is -2.28. The zero-order valence-corrected chi connectivity index (χ0v) is 18.8. The number of benzene rings is 2. The van der Waals surface area contributed by atoms with Crippen molar-refractivity contribution in [2.75, 3.05) is 35.4 Å². The first-order chi connectivity index (χ1) is 15.5. The monoisotopic (exact) mass is 474 g/mol. The Kier molecular flexibility index (Phi) is 5.73. The summed E-state index contributed by atoms with van der Waals surface area (Å²) in [7, 11) is -3.16. The van der Waals surface area contributed by atoms with E-state index in [2.05, 4.69) is 4.99 Å². The molecule has 0 amide bonds. The molecule has 0 bridgehead atoms. The van der Waals surface area contributed by atoms with E-state index >= 15 is 0 Å². The molecular weight excluding hydrogens is 452 g/mol. The van der Waals surface area contributed by atoms with Gasteiger partial charge in [0.25, 0.3) is 0 Å². The number of amidine groups is 1. The number of rotatable bonds is 5. The van der Waals surface area contributed by atoms with Crippen molar-refractivity contribution in [3.05, 3.63) is 54.1 Å². The van der Waals surface area contributed by atoms with Crippen LogP contribution in [0.5, 0.6) is 11.5 Å². The Morgan fingerprint density at radius 2 is 1.88 bits per heavy atom. The molecule has 1 fully saturated rings. The first-order valence-corrected chi connectivity index (χ1v) is 13.1. The van der Waals surface area contributed by atoms with Gasteiger partial charge in [-0.2, -0.15) is 0 Å². The highest BCUT2D eigenvalue weighted by Crippen LogP contribution is 2.39. The average molecular weight is 475 g/mol. The van der Waals surface area contributed by atoms with Gasteiger partial charge in [-0.05, 0) is 17.7 Å². The molecule has 5 rings (SSSR count). The predicted molar refractivity (Wildman–Crippen MR) is 122 cm³/mol. The van der Waals surface area contributed by atoms with Crippen LogP contribution in [0.1, 0.15) is 5.56 Å². The summed E-state index contributed by atoms with van der Waals surface area (Å²) < 4.78 is 41.1. The van der Waals surface area contributed by atoms with E-state index in [-0.39, 0.29) is 41.9 Å². The number of carbonyl (C=O) groups is 1. The first kappa shape index (κ1) is 21.1. The Bertz CT molecular complexity index is 1150. The minimum absolute atomic E-state index is 0.0151. The van der Waals surface area contributed by atoms with Crippen LogP contribution < -0.4 is 14.4 Å². The fourth-order valence-electron chi connectivity index (χ4n) is 4.02. The molecule has 3 aliphatic heterocycles. The third-order valence-electron chi connectivity index (χ3n) is 5.47. The number of anilines is 1. The maximum Gasteiger partial charge on any atom is 0.316 e. The molecule has 0 aliphatic carbocycles. The summed E-state index contributed by atoms with van der Waals surface area (Å²) in [6.07, 6.45) is 0. The molecule has 8 nitrogen and oxygen atoms in total. The Morgan fingerprint density at radius 1 is 1.09 bits per heavy atom. The Hall–Kier alpha value is -2.72. The minimum atomic E-state index is -3.16. The summed E-state index contributed by atoms with van der Waals surface area (Å²) in [5.74, 6) is 1.04. The van der Waals surface area contributed by atoms with Crippen LogP contribution in [-0.2, 0) is 26.0 Å². The van der Waals surface area contributed by atoms with Crippen molar-refractivity contribution in [3.63, 3.8) is 0 Å². The van der Waals surface area contributed by atoms with Gasteiger partial charge in [-0.3, -0.25) is 9.79 Å². The van der Waals surface area contributed by atoms with Crippen LogP contribution in [0.2, 0.25) is 0 Å². The van der Waals surface area contributed by atoms with Crippen LogP contribution in [0.3, 0.4) is 0 Å². The van der Waals surface area contributed by atoms with Gasteiger partial charge in [0.15, 0.2) is 26.5 Å². The van der Waals surface area contributed by atoms with Gasteiger partial charge in [0.2, 0.25) is 0 Å². The normalized spacial score (nSPS) is 22.9. The topological polar surface area (TPSA) is 94.5 Å². The quantitative estimate of drug-likeness (QED) is 0.610. The zero-order chi connectivity index (χ0) is 22.1. The summed E-state index contributed by atoms with van der Waals surface area (Å²) in [6, 6.07) is 14.4. The number of sulfone groups is 1. The third kappa shape index (κ3) is 4.42. The standard InChI is InChI=1S/C22H22N2O6S2/c25-21(30-11-15-4-2-1-3-5-15)12-31-22-23-17-13-32(26,27)14-18(17)24(22)16-6-7-19-20(10-16)29-9-8-28-19/h1-7,10,17-18H,8-9,11-14H2. The largest absolute Gasteiger partial charge is 0.486 e. The number of carbonyl (C=O) groups excluding carboxylic acids is 1. The van der Waals surface area contributed by atoms with Gasteiger partial charge in [-0.1, -0.05) is 42.1 Å². The maximum absolute atomic E-state index is 12.3. The summed E-state index contributed by atoms with van der Waals surface area (Å²) in [5, 5.41) is 0.614. The van der Waals surface area contributed by atoms with E-state index in [0.29, 0.717) is 29.9 Å². The smallest absolute Gasteiger partial charge is 0.316 e. The molecule has 2 atom stereocenters. The highest BCUT2D eigenvalue weighted by molar-refractivity contribution is 8.14. The van der Waals surface area contributed by atoms with Crippen LogP contribution in [0, 0.1) is 0 Å². The van der Waals surface area contributed by atoms with Crippen molar-refractivity contribution >= 4 is 38.4 Å². The lowest BCUT2D eigenvalue weighted by Crippen LogP contribution is -2.39. The molecule has 2 aromatic rings. The molecule has 0 radical (unpaired) electrons. The van der Waals surface area contributed by atoms with E-state index in [1.807, 2.05) is 53.4 Å². The van der Waals surface area contributed by atoms with Gasteiger partial charge in [-0.15, -0.1) is 0 Å². The summed E-state index contributed by atoms with van der Waals surface area (Å²) in [4.78, 5) is 18.9. The van der Waals surface area contributed by atoms with E-state index in [1.54, 1.807) is 0 Å². The summed E-state index contributed by atoms with van der Waals surface area (Å²) in [5.41, 5.74) is 1.68. The Morgan fingerprint density at radius 3 is 2.69 bits per heavy atom. The van der Waals surface area contributed by atoms with Gasteiger partial charge >= 0.3 is 5.97 Å². The number of nitrogens with zero attached hydrogens (tertiary/aromatic N) is 2. The molecule has 168 valence electrons. The van der Waals surface area contributed by atoms with Gasteiger partial charge in [0, 0.05) is 11.8 Å². The van der Waals surface area contributed by atoms with E-state index in [9.17, 15) is 13.2 Å². The molecule has 0 spiro atoms. The van der Waals surface area contributed by atoms with Gasteiger partial charge < -0.3 is 19.1 Å². The van der Waals surface area contributed by atoms with Crippen molar-refractivity contribution in [2.45, 2.75) is 18.7 Å². The second-order valence-electron chi connectivity index (χ2n) is 7.76. The molecule has 1 saturated heterocycles. The summed E-state index contributed by atoms with van der Waals surface area (Å²) >= 11 is 1.26. The molecule has 0 saturated carbocycles. The molecule has 0 aromatic heterocycles. The lowest BCUT2D eigenvalue weighted by molar-refractivity contribution is -0.141. The first-order valence-electron chi connectivity index (χ1n) is 10.3. The van der Waals surface area contributed by atoms with Crippen LogP contribution in [0.25, 0.3) is 0 Å². The lowest BCUT2D eigenvalue weighted by atomic mass is 10.1. The van der Waals surface area contributed by atoms with Gasteiger partial charge in [-0.25, -0.2) is 8.42 Å². The van der Waals surface area contributed by atoms with Crippen molar-refractivity contribution in [3.8, 4) is 11.5 Å². The molecule has 0 N–H and O–H groups in total. The predicted octanol–water partition coefficient (Wildman–Crippen LogP) is 2.28. The molecule has 32 heavy (non-hydrogen) atoms. The van der Waals surface area contributed by atoms with E-state index in [4.69, 9.17) is 14.2 Å². The van der Waals surface area contributed by atoms with Crippen LogP contribution in [0.4, 0.5) is 5.69 Å². The Labute approximate surface area is 190 Å².